The molecule has 9 heteroatoms. The minimum absolute atomic E-state index is 0.0533. The Morgan fingerprint density at radius 3 is 2.23 bits per heavy atom. The van der Waals surface area contributed by atoms with E-state index < -0.39 is 20.9 Å². The summed E-state index contributed by atoms with van der Waals surface area (Å²) in [6.45, 7) is 6.68. The second-order valence-electron chi connectivity index (χ2n) is 8.00. The van der Waals surface area contributed by atoms with E-state index in [0.29, 0.717) is 36.2 Å². The first kappa shape index (κ1) is 21.9. The minimum Gasteiger partial charge on any atom is -0.322 e. The molecule has 1 aliphatic heterocycles. The van der Waals surface area contributed by atoms with E-state index in [9.17, 15) is 23.3 Å². The number of sulfonamides is 1. The summed E-state index contributed by atoms with van der Waals surface area (Å²) < 4.78 is 27.4. The zero-order chi connectivity index (χ0) is 22.1. The molecule has 0 bridgehead atoms. The largest absolute Gasteiger partial charge is 0.322 e. The van der Waals surface area contributed by atoms with Crippen molar-refractivity contribution in [1.29, 1.82) is 0 Å². The van der Waals surface area contributed by atoms with E-state index in [2.05, 4.69) is 19.2 Å². The molecule has 1 heterocycles. The smallest absolute Gasteiger partial charge is 0.272 e. The molecule has 1 fully saturated rings. The Morgan fingerprint density at radius 1 is 1.10 bits per heavy atom. The molecular weight excluding hydrogens is 406 g/mol. The molecule has 0 aliphatic carbocycles. The number of carbonyl (C=O) groups is 1. The number of nitro groups is 1. The van der Waals surface area contributed by atoms with Gasteiger partial charge >= 0.3 is 0 Å². The highest BCUT2D eigenvalue weighted by Gasteiger charge is 2.31. The fourth-order valence-electron chi connectivity index (χ4n) is 3.87. The van der Waals surface area contributed by atoms with Gasteiger partial charge in [-0.3, -0.25) is 14.9 Å². The van der Waals surface area contributed by atoms with Crippen LogP contribution in [0.4, 0.5) is 11.4 Å². The lowest BCUT2D eigenvalue weighted by atomic mass is 9.94. The van der Waals surface area contributed by atoms with Crippen molar-refractivity contribution in [2.45, 2.75) is 32.1 Å². The monoisotopic (exact) mass is 431 g/mol. The standard InChI is InChI=1S/C21H25N3O5S/c1-14-10-15(2)13-23(12-14)30(28,29)19-7-5-18(6-8-19)22-21(25)17-4-9-20(24(26)27)16(3)11-17/h4-9,11,14-15H,10,12-13H2,1-3H3,(H,22,25). The van der Waals surface area contributed by atoms with Gasteiger partial charge in [-0.25, -0.2) is 8.42 Å². The van der Waals surface area contributed by atoms with Crippen LogP contribution in [0.5, 0.6) is 0 Å². The van der Waals surface area contributed by atoms with E-state index in [1.54, 1.807) is 19.1 Å². The summed E-state index contributed by atoms with van der Waals surface area (Å²) in [5, 5.41) is 13.6. The van der Waals surface area contributed by atoms with Crippen molar-refractivity contribution in [2.75, 3.05) is 18.4 Å². The van der Waals surface area contributed by atoms with E-state index in [1.807, 2.05) is 0 Å². The highest BCUT2D eigenvalue weighted by atomic mass is 32.2. The number of aryl methyl sites for hydroxylation is 1. The van der Waals surface area contributed by atoms with Crippen LogP contribution >= 0.6 is 0 Å². The summed E-state index contributed by atoms with van der Waals surface area (Å²) in [5.74, 6) is 0.196. The van der Waals surface area contributed by atoms with Gasteiger partial charge in [0.2, 0.25) is 10.0 Å². The van der Waals surface area contributed by atoms with Crippen molar-refractivity contribution in [3.63, 3.8) is 0 Å². The van der Waals surface area contributed by atoms with Gasteiger partial charge in [0.15, 0.2) is 0 Å². The van der Waals surface area contributed by atoms with Crippen molar-refractivity contribution in [2.24, 2.45) is 11.8 Å². The van der Waals surface area contributed by atoms with Gasteiger partial charge in [0.25, 0.3) is 11.6 Å². The molecule has 2 atom stereocenters. The van der Waals surface area contributed by atoms with Gasteiger partial charge in [-0.1, -0.05) is 13.8 Å². The van der Waals surface area contributed by atoms with E-state index in [0.717, 1.165) is 6.42 Å². The van der Waals surface area contributed by atoms with Crippen LogP contribution in [0.2, 0.25) is 0 Å². The first-order valence-corrected chi connectivity index (χ1v) is 11.2. The second-order valence-corrected chi connectivity index (χ2v) is 9.94. The van der Waals surface area contributed by atoms with Crippen LogP contribution in [0, 0.1) is 28.9 Å². The Morgan fingerprint density at radius 2 is 1.70 bits per heavy atom. The highest BCUT2D eigenvalue weighted by Crippen LogP contribution is 2.27. The minimum atomic E-state index is -3.59. The number of benzene rings is 2. The van der Waals surface area contributed by atoms with Gasteiger partial charge in [-0.15, -0.1) is 0 Å². The summed E-state index contributed by atoms with van der Waals surface area (Å²) in [6.07, 6.45) is 1.01. The number of anilines is 1. The molecule has 0 saturated carbocycles. The van der Waals surface area contributed by atoms with Crippen molar-refractivity contribution in [3.05, 3.63) is 63.7 Å². The van der Waals surface area contributed by atoms with E-state index in [-0.39, 0.29) is 16.1 Å². The van der Waals surface area contributed by atoms with E-state index in [4.69, 9.17) is 0 Å². The Balaban J connectivity index is 1.73. The first-order chi connectivity index (χ1) is 14.1. The molecule has 30 heavy (non-hydrogen) atoms. The molecular formula is C21H25N3O5S. The summed E-state index contributed by atoms with van der Waals surface area (Å²) in [4.78, 5) is 23.0. The third kappa shape index (κ3) is 4.68. The van der Waals surface area contributed by atoms with Crippen molar-refractivity contribution in [1.82, 2.24) is 4.31 Å². The van der Waals surface area contributed by atoms with Gasteiger partial charge < -0.3 is 5.32 Å². The summed E-state index contributed by atoms with van der Waals surface area (Å²) in [6, 6.07) is 10.2. The number of piperidine rings is 1. The Kier molecular flexibility index (Phi) is 6.23. The Labute approximate surface area is 176 Å². The van der Waals surface area contributed by atoms with Crippen LogP contribution in [-0.2, 0) is 10.0 Å². The topological polar surface area (TPSA) is 110 Å². The lowest BCUT2D eigenvalue weighted by Gasteiger charge is -2.34. The first-order valence-electron chi connectivity index (χ1n) is 9.74. The van der Waals surface area contributed by atoms with Gasteiger partial charge in [-0.2, -0.15) is 4.31 Å². The van der Waals surface area contributed by atoms with Gasteiger partial charge in [-0.05, 0) is 61.6 Å². The molecule has 2 aromatic rings. The lowest BCUT2D eigenvalue weighted by Crippen LogP contribution is -2.42. The molecule has 2 unspecified atom stereocenters. The number of hydrogen-bond donors (Lipinski definition) is 1. The maximum Gasteiger partial charge on any atom is 0.272 e. The molecule has 1 N–H and O–H groups in total. The fraction of sp³-hybridized carbons (Fsp3) is 0.381. The number of rotatable bonds is 5. The Bertz CT molecular complexity index is 1060. The number of hydrogen-bond acceptors (Lipinski definition) is 5. The lowest BCUT2D eigenvalue weighted by molar-refractivity contribution is -0.385. The fourth-order valence-corrected chi connectivity index (χ4v) is 5.55. The van der Waals surface area contributed by atoms with E-state index in [1.165, 1.54) is 34.6 Å². The number of nitro benzene ring substituents is 1. The third-order valence-corrected chi connectivity index (χ3v) is 7.09. The average Bonchev–Trinajstić information content (AvgIpc) is 2.67. The van der Waals surface area contributed by atoms with E-state index >= 15 is 0 Å². The van der Waals surface area contributed by atoms with Crippen LogP contribution in [-0.4, -0.2) is 36.6 Å². The molecule has 1 saturated heterocycles. The predicted molar refractivity (Wildman–Crippen MR) is 114 cm³/mol. The zero-order valence-corrected chi connectivity index (χ0v) is 18.0. The maximum atomic E-state index is 12.9. The quantitative estimate of drug-likeness (QED) is 0.572. The molecule has 1 amide bonds. The molecule has 0 aromatic heterocycles. The van der Waals surface area contributed by atoms with Crippen LogP contribution in [0.1, 0.15) is 36.2 Å². The zero-order valence-electron chi connectivity index (χ0n) is 17.2. The van der Waals surface area contributed by atoms with Gasteiger partial charge in [0, 0.05) is 36.0 Å². The molecule has 0 spiro atoms. The molecule has 0 radical (unpaired) electrons. The number of nitrogens with zero attached hydrogens (tertiary/aromatic N) is 2. The van der Waals surface area contributed by atoms with Gasteiger partial charge in [0.1, 0.15) is 0 Å². The third-order valence-electron chi connectivity index (χ3n) is 5.24. The number of carbonyl (C=O) groups excluding carboxylic acids is 1. The molecule has 8 nitrogen and oxygen atoms in total. The predicted octanol–water partition coefficient (Wildman–Crippen LogP) is 3.82. The SMILES string of the molecule is Cc1cc(C(=O)Nc2ccc(S(=O)(=O)N3CC(C)CC(C)C3)cc2)ccc1[N+](=O)[O-]. The van der Waals surface area contributed by atoms with Crippen molar-refractivity contribution >= 4 is 27.3 Å². The molecule has 3 rings (SSSR count). The summed E-state index contributed by atoms with van der Waals surface area (Å²) in [5.41, 5.74) is 1.06. The summed E-state index contributed by atoms with van der Waals surface area (Å²) in [7, 11) is -3.59. The van der Waals surface area contributed by atoms with Crippen molar-refractivity contribution < 1.29 is 18.1 Å². The van der Waals surface area contributed by atoms with Crippen molar-refractivity contribution in [3.8, 4) is 0 Å². The second kappa shape index (κ2) is 8.53. The molecule has 2 aromatic carbocycles. The van der Waals surface area contributed by atoms with Crippen LogP contribution in [0.3, 0.4) is 0 Å². The highest BCUT2D eigenvalue weighted by molar-refractivity contribution is 7.89. The van der Waals surface area contributed by atoms with Crippen LogP contribution in [0.25, 0.3) is 0 Å². The molecule has 160 valence electrons. The normalized spacial score (nSPS) is 20.0. The van der Waals surface area contributed by atoms with Crippen LogP contribution < -0.4 is 5.32 Å². The molecule has 1 aliphatic rings. The summed E-state index contributed by atoms with van der Waals surface area (Å²) >= 11 is 0. The Hall–Kier alpha value is -2.78. The maximum absolute atomic E-state index is 12.9. The average molecular weight is 432 g/mol. The van der Waals surface area contributed by atoms with Crippen LogP contribution in [0.15, 0.2) is 47.4 Å². The number of nitrogens with one attached hydrogen (secondary N) is 1. The number of amides is 1. The van der Waals surface area contributed by atoms with Gasteiger partial charge in [0.05, 0.1) is 9.82 Å².